The van der Waals surface area contributed by atoms with Crippen LogP contribution in [0.5, 0.6) is 0 Å². The van der Waals surface area contributed by atoms with Crippen molar-refractivity contribution >= 4 is 10.1 Å². The summed E-state index contributed by atoms with van der Waals surface area (Å²) >= 11 is 0. The molecular weight excluding hydrogens is 204 g/mol. The van der Waals surface area contributed by atoms with E-state index in [1.165, 1.54) is 6.92 Å². The SMILES string of the molecule is CCCCCC(CC(C)O)S(=O)(=O)O. The van der Waals surface area contributed by atoms with Gasteiger partial charge in [0, 0.05) is 0 Å². The minimum Gasteiger partial charge on any atom is -0.393 e. The Labute approximate surface area is 86.1 Å². The smallest absolute Gasteiger partial charge is 0.267 e. The van der Waals surface area contributed by atoms with E-state index in [0.29, 0.717) is 6.42 Å². The number of hydrogen-bond donors (Lipinski definition) is 2. The van der Waals surface area contributed by atoms with E-state index in [0.717, 1.165) is 19.3 Å². The Morgan fingerprint density at radius 1 is 1.29 bits per heavy atom. The maximum atomic E-state index is 10.9. The molecule has 0 amide bonds. The molecule has 0 spiro atoms. The number of hydrogen-bond acceptors (Lipinski definition) is 3. The van der Waals surface area contributed by atoms with Gasteiger partial charge >= 0.3 is 0 Å². The van der Waals surface area contributed by atoms with Crippen LogP contribution in [-0.2, 0) is 10.1 Å². The molecule has 2 atom stereocenters. The highest BCUT2D eigenvalue weighted by molar-refractivity contribution is 7.86. The molecule has 0 aliphatic rings. The normalized spacial score (nSPS) is 16.6. The molecule has 0 bridgehead atoms. The third-order valence-corrected chi connectivity index (χ3v) is 3.43. The third kappa shape index (κ3) is 6.34. The molecule has 0 aromatic rings. The van der Waals surface area contributed by atoms with Gasteiger partial charge in [-0.25, -0.2) is 0 Å². The molecule has 0 aliphatic heterocycles. The Morgan fingerprint density at radius 3 is 2.21 bits per heavy atom. The van der Waals surface area contributed by atoms with Crippen LogP contribution in [0.1, 0.15) is 46.0 Å². The van der Waals surface area contributed by atoms with Gasteiger partial charge in [0.25, 0.3) is 10.1 Å². The van der Waals surface area contributed by atoms with Gasteiger partial charge in [0.2, 0.25) is 0 Å². The lowest BCUT2D eigenvalue weighted by molar-refractivity contribution is 0.179. The standard InChI is InChI=1S/C9H20O4S/c1-3-4-5-6-9(7-8(2)10)14(11,12)13/h8-10H,3-7H2,1-2H3,(H,11,12,13). The van der Waals surface area contributed by atoms with Crippen LogP contribution in [0.25, 0.3) is 0 Å². The monoisotopic (exact) mass is 224 g/mol. The van der Waals surface area contributed by atoms with Crippen LogP contribution in [0.3, 0.4) is 0 Å². The minimum atomic E-state index is -4.00. The molecule has 0 saturated heterocycles. The Bertz CT molecular complexity index is 233. The molecular formula is C9H20O4S. The Kier molecular flexibility index (Phi) is 6.31. The van der Waals surface area contributed by atoms with Crippen molar-refractivity contribution in [2.45, 2.75) is 57.3 Å². The fraction of sp³-hybridized carbons (Fsp3) is 1.00. The molecule has 0 aromatic heterocycles. The second kappa shape index (κ2) is 6.37. The van der Waals surface area contributed by atoms with Crippen LogP contribution in [-0.4, -0.2) is 29.4 Å². The van der Waals surface area contributed by atoms with Crippen LogP contribution < -0.4 is 0 Å². The Hall–Kier alpha value is -0.130. The average Bonchev–Trinajstić information content (AvgIpc) is 2.00. The van der Waals surface area contributed by atoms with Crippen molar-refractivity contribution in [2.75, 3.05) is 0 Å². The first kappa shape index (κ1) is 13.9. The first-order valence-corrected chi connectivity index (χ1v) is 6.52. The summed E-state index contributed by atoms with van der Waals surface area (Å²) in [6.07, 6.45) is 2.58. The molecule has 0 saturated carbocycles. The second-order valence-corrected chi connectivity index (χ2v) is 5.41. The van der Waals surface area contributed by atoms with Crippen molar-refractivity contribution in [2.24, 2.45) is 0 Å². The van der Waals surface area contributed by atoms with E-state index in [9.17, 15) is 8.42 Å². The zero-order valence-corrected chi connectivity index (χ0v) is 9.63. The summed E-state index contributed by atoms with van der Waals surface area (Å²) in [6, 6.07) is 0. The quantitative estimate of drug-likeness (QED) is 0.508. The molecule has 0 aromatic carbocycles. The van der Waals surface area contributed by atoms with E-state index in [1.807, 2.05) is 6.92 Å². The predicted octanol–water partition coefficient (Wildman–Crippen LogP) is 1.59. The highest BCUT2D eigenvalue weighted by Gasteiger charge is 2.23. The van der Waals surface area contributed by atoms with Gasteiger partial charge in [-0.3, -0.25) is 4.55 Å². The van der Waals surface area contributed by atoms with Crippen LogP contribution in [0.15, 0.2) is 0 Å². The fourth-order valence-corrected chi connectivity index (χ4v) is 2.38. The van der Waals surface area contributed by atoms with Gasteiger partial charge in [-0.2, -0.15) is 8.42 Å². The molecule has 86 valence electrons. The molecule has 2 N–H and O–H groups in total. The molecule has 0 aliphatic carbocycles. The lowest BCUT2D eigenvalue weighted by Crippen LogP contribution is -2.24. The van der Waals surface area contributed by atoms with Crippen molar-refractivity contribution in [1.82, 2.24) is 0 Å². The zero-order valence-electron chi connectivity index (χ0n) is 8.81. The Morgan fingerprint density at radius 2 is 1.86 bits per heavy atom. The molecule has 2 unspecified atom stereocenters. The summed E-state index contributed by atoms with van der Waals surface area (Å²) in [4.78, 5) is 0. The second-order valence-electron chi connectivity index (χ2n) is 3.72. The minimum absolute atomic E-state index is 0.114. The maximum absolute atomic E-state index is 10.9. The lowest BCUT2D eigenvalue weighted by atomic mass is 10.1. The molecule has 0 rings (SSSR count). The highest BCUT2D eigenvalue weighted by Crippen LogP contribution is 2.15. The summed E-state index contributed by atoms with van der Waals surface area (Å²) in [6.45, 7) is 3.55. The zero-order chi connectivity index (χ0) is 11.2. The van der Waals surface area contributed by atoms with Gasteiger partial charge in [0.05, 0.1) is 11.4 Å². The molecule has 4 nitrogen and oxygen atoms in total. The van der Waals surface area contributed by atoms with E-state index < -0.39 is 21.5 Å². The van der Waals surface area contributed by atoms with Gasteiger partial charge in [-0.1, -0.05) is 26.2 Å². The predicted molar refractivity (Wildman–Crippen MR) is 55.8 cm³/mol. The lowest BCUT2D eigenvalue weighted by Gasteiger charge is -2.14. The van der Waals surface area contributed by atoms with Crippen LogP contribution in [0.2, 0.25) is 0 Å². The van der Waals surface area contributed by atoms with Crippen molar-refractivity contribution in [3.05, 3.63) is 0 Å². The molecule has 0 radical (unpaired) electrons. The first-order valence-electron chi connectivity index (χ1n) is 5.02. The van der Waals surface area contributed by atoms with Crippen LogP contribution >= 0.6 is 0 Å². The van der Waals surface area contributed by atoms with Crippen LogP contribution in [0, 0.1) is 0 Å². The summed E-state index contributed by atoms with van der Waals surface area (Å²) in [7, 11) is -4.00. The molecule has 0 heterocycles. The average molecular weight is 224 g/mol. The van der Waals surface area contributed by atoms with Gasteiger partial charge in [0.1, 0.15) is 0 Å². The van der Waals surface area contributed by atoms with Gasteiger partial charge in [0.15, 0.2) is 0 Å². The van der Waals surface area contributed by atoms with E-state index >= 15 is 0 Å². The maximum Gasteiger partial charge on any atom is 0.267 e. The molecule has 0 fully saturated rings. The fourth-order valence-electron chi connectivity index (χ4n) is 1.39. The van der Waals surface area contributed by atoms with Crippen molar-refractivity contribution in [3.63, 3.8) is 0 Å². The summed E-state index contributed by atoms with van der Waals surface area (Å²) in [5.74, 6) is 0. The van der Waals surface area contributed by atoms with Crippen molar-refractivity contribution in [1.29, 1.82) is 0 Å². The summed E-state index contributed by atoms with van der Waals surface area (Å²) < 4.78 is 30.7. The Balaban J connectivity index is 4.13. The van der Waals surface area contributed by atoms with E-state index in [4.69, 9.17) is 9.66 Å². The largest absolute Gasteiger partial charge is 0.393 e. The third-order valence-electron chi connectivity index (χ3n) is 2.15. The van der Waals surface area contributed by atoms with Gasteiger partial charge < -0.3 is 5.11 Å². The topological polar surface area (TPSA) is 74.6 Å². The summed E-state index contributed by atoms with van der Waals surface area (Å²) in [5.41, 5.74) is 0. The van der Waals surface area contributed by atoms with Crippen molar-refractivity contribution in [3.8, 4) is 0 Å². The van der Waals surface area contributed by atoms with Crippen molar-refractivity contribution < 1.29 is 18.1 Å². The van der Waals surface area contributed by atoms with E-state index in [2.05, 4.69) is 0 Å². The number of rotatable bonds is 7. The van der Waals surface area contributed by atoms with E-state index in [1.54, 1.807) is 0 Å². The number of aliphatic hydroxyl groups excluding tert-OH is 1. The highest BCUT2D eigenvalue weighted by atomic mass is 32.2. The molecule has 14 heavy (non-hydrogen) atoms. The van der Waals surface area contributed by atoms with E-state index in [-0.39, 0.29) is 6.42 Å². The molecule has 5 heteroatoms. The first-order chi connectivity index (χ1) is 6.38. The van der Waals surface area contributed by atoms with Crippen LogP contribution in [0.4, 0.5) is 0 Å². The number of unbranched alkanes of at least 4 members (excludes halogenated alkanes) is 2. The number of aliphatic hydroxyl groups is 1. The van der Waals surface area contributed by atoms with Gasteiger partial charge in [-0.15, -0.1) is 0 Å². The van der Waals surface area contributed by atoms with Gasteiger partial charge in [-0.05, 0) is 19.8 Å². The summed E-state index contributed by atoms with van der Waals surface area (Å²) in [5, 5.41) is 8.26.